The Bertz CT molecular complexity index is 621. The SMILES string of the molecule is CCCc1nc(-c2cc([N+](=O)[O-])ccc2N)n(C)n1. The minimum atomic E-state index is -0.452. The molecule has 0 saturated heterocycles. The van der Waals surface area contributed by atoms with Gasteiger partial charge in [0.25, 0.3) is 5.69 Å². The average Bonchev–Trinajstić information content (AvgIpc) is 2.71. The Kier molecular flexibility index (Phi) is 3.46. The fraction of sp³-hybridized carbons (Fsp3) is 0.333. The summed E-state index contributed by atoms with van der Waals surface area (Å²) in [5.41, 5.74) is 6.84. The van der Waals surface area contributed by atoms with Crippen molar-refractivity contribution in [2.75, 3.05) is 5.73 Å². The highest BCUT2D eigenvalue weighted by Gasteiger charge is 2.16. The van der Waals surface area contributed by atoms with E-state index in [2.05, 4.69) is 10.1 Å². The lowest BCUT2D eigenvalue weighted by Crippen LogP contribution is -1.99. The van der Waals surface area contributed by atoms with Crippen molar-refractivity contribution >= 4 is 11.4 Å². The van der Waals surface area contributed by atoms with Crippen LogP contribution in [0.3, 0.4) is 0 Å². The lowest BCUT2D eigenvalue weighted by atomic mass is 10.1. The van der Waals surface area contributed by atoms with Crippen LogP contribution in [0.1, 0.15) is 19.2 Å². The molecule has 2 rings (SSSR count). The van der Waals surface area contributed by atoms with Crippen molar-refractivity contribution in [1.82, 2.24) is 14.8 Å². The lowest BCUT2D eigenvalue weighted by molar-refractivity contribution is -0.384. The first-order valence-electron chi connectivity index (χ1n) is 5.97. The highest BCUT2D eigenvalue weighted by molar-refractivity contribution is 5.74. The number of hydrogen-bond acceptors (Lipinski definition) is 5. The number of aromatic nitrogens is 3. The third kappa shape index (κ3) is 2.54. The molecule has 0 aliphatic heterocycles. The third-order valence-electron chi connectivity index (χ3n) is 2.77. The molecule has 0 saturated carbocycles. The van der Waals surface area contributed by atoms with Crippen LogP contribution >= 0.6 is 0 Å². The Morgan fingerprint density at radius 2 is 2.21 bits per heavy atom. The van der Waals surface area contributed by atoms with Crippen LogP contribution in [0, 0.1) is 10.1 Å². The Labute approximate surface area is 110 Å². The number of benzene rings is 1. The van der Waals surface area contributed by atoms with Crippen molar-refractivity contribution in [2.45, 2.75) is 19.8 Å². The zero-order valence-electron chi connectivity index (χ0n) is 10.8. The predicted octanol–water partition coefficient (Wildman–Crippen LogP) is 1.92. The van der Waals surface area contributed by atoms with Gasteiger partial charge in [0.1, 0.15) is 0 Å². The van der Waals surface area contributed by atoms with Crippen LogP contribution in [0.4, 0.5) is 11.4 Å². The van der Waals surface area contributed by atoms with Gasteiger partial charge in [-0.25, -0.2) is 9.67 Å². The van der Waals surface area contributed by atoms with Crippen molar-refractivity contribution in [3.63, 3.8) is 0 Å². The summed E-state index contributed by atoms with van der Waals surface area (Å²) in [5, 5.41) is 15.1. The zero-order valence-corrected chi connectivity index (χ0v) is 10.8. The van der Waals surface area contributed by atoms with E-state index in [0.29, 0.717) is 22.9 Å². The summed E-state index contributed by atoms with van der Waals surface area (Å²) in [6.07, 6.45) is 1.70. The first-order chi connectivity index (χ1) is 9.02. The summed E-state index contributed by atoms with van der Waals surface area (Å²) < 4.78 is 1.60. The van der Waals surface area contributed by atoms with E-state index in [0.717, 1.165) is 12.8 Å². The van der Waals surface area contributed by atoms with E-state index < -0.39 is 4.92 Å². The first-order valence-corrected chi connectivity index (χ1v) is 5.97. The summed E-state index contributed by atoms with van der Waals surface area (Å²) in [4.78, 5) is 14.7. The number of nitro benzene ring substituents is 1. The quantitative estimate of drug-likeness (QED) is 0.515. The van der Waals surface area contributed by atoms with E-state index >= 15 is 0 Å². The molecule has 0 aliphatic carbocycles. The lowest BCUT2D eigenvalue weighted by Gasteiger charge is -2.04. The number of rotatable bonds is 4. The van der Waals surface area contributed by atoms with Crippen molar-refractivity contribution in [2.24, 2.45) is 7.05 Å². The fourth-order valence-electron chi connectivity index (χ4n) is 1.85. The van der Waals surface area contributed by atoms with Gasteiger partial charge in [-0.3, -0.25) is 10.1 Å². The Morgan fingerprint density at radius 1 is 1.47 bits per heavy atom. The summed E-state index contributed by atoms with van der Waals surface area (Å²) in [7, 11) is 1.75. The minimum Gasteiger partial charge on any atom is -0.398 e. The van der Waals surface area contributed by atoms with Gasteiger partial charge in [0.2, 0.25) is 0 Å². The molecular formula is C12H15N5O2. The number of anilines is 1. The van der Waals surface area contributed by atoms with Crippen molar-refractivity contribution in [3.8, 4) is 11.4 Å². The molecule has 2 aromatic rings. The van der Waals surface area contributed by atoms with Gasteiger partial charge in [-0.05, 0) is 12.5 Å². The second kappa shape index (κ2) is 5.05. The average molecular weight is 261 g/mol. The molecule has 1 aromatic heterocycles. The monoisotopic (exact) mass is 261 g/mol. The molecule has 0 amide bonds. The van der Waals surface area contributed by atoms with Crippen LogP contribution in [0.2, 0.25) is 0 Å². The molecule has 19 heavy (non-hydrogen) atoms. The second-order valence-corrected chi connectivity index (χ2v) is 4.25. The molecule has 7 nitrogen and oxygen atoms in total. The topological polar surface area (TPSA) is 99.9 Å². The van der Waals surface area contributed by atoms with Crippen LogP contribution in [0.25, 0.3) is 11.4 Å². The van der Waals surface area contributed by atoms with Gasteiger partial charge < -0.3 is 5.73 Å². The highest BCUT2D eigenvalue weighted by atomic mass is 16.6. The molecule has 0 spiro atoms. The van der Waals surface area contributed by atoms with Gasteiger partial charge in [-0.2, -0.15) is 5.10 Å². The van der Waals surface area contributed by atoms with E-state index in [-0.39, 0.29) is 5.69 Å². The molecule has 0 aliphatic rings. The number of nitro groups is 1. The molecule has 7 heteroatoms. The third-order valence-corrected chi connectivity index (χ3v) is 2.77. The number of aryl methyl sites for hydroxylation is 2. The number of nitrogen functional groups attached to an aromatic ring is 1. The molecule has 2 N–H and O–H groups in total. The molecule has 1 heterocycles. The Morgan fingerprint density at radius 3 is 2.84 bits per heavy atom. The van der Waals surface area contributed by atoms with Crippen LogP contribution in [0.5, 0.6) is 0 Å². The summed E-state index contributed by atoms with van der Waals surface area (Å²) in [5.74, 6) is 1.26. The summed E-state index contributed by atoms with van der Waals surface area (Å²) in [6, 6.07) is 4.32. The van der Waals surface area contributed by atoms with Gasteiger partial charge in [-0.1, -0.05) is 6.92 Å². The standard InChI is InChI=1S/C12H15N5O2/c1-3-4-11-14-12(16(2)15-11)9-7-8(17(18)19)5-6-10(9)13/h5-7H,3-4,13H2,1-2H3. The Hall–Kier alpha value is -2.44. The van der Waals surface area contributed by atoms with Gasteiger partial charge in [0, 0.05) is 36.9 Å². The molecule has 0 atom stereocenters. The van der Waals surface area contributed by atoms with Gasteiger partial charge >= 0.3 is 0 Å². The van der Waals surface area contributed by atoms with Crippen LogP contribution < -0.4 is 5.73 Å². The molecular weight excluding hydrogens is 246 g/mol. The minimum absolute atomic E-state index is 0.00996. The van der Waals surface area contributed by atoms with Crippen LogP contribution in [-0.4, -0.2) is 19.7 Å². The van der Waals surface area contributed by atoms with Gasteiger partial charge in [0.15, 0.2) is 11.6 Å². The molecule has 0 bridgehead atoms. The number of nitrogens with two attached hydrogens (primary N) is 1. The molecule has 0 radical (unpaired) electrons. The van der Waals surface area contributed by atoms with Crippen LogP contribution in [0.15, 0.2) is 18.2 Å². The Balaban J connectivity index is 2.51. The molecule has 1 aromatic carbocycles. The van der Waals surface area contributed by atoms with E-state index in [1.807, 2.05) is 6.92 Å². The van der Waals surface area contributed by atoms with E-state index in [1.54, 1.807) is 11.7 Å². The van der Waals surface area contributed by atoms with E-state index in [4.69, 9.17) is 5.73 Å². The fourth-order valence-corrected chi connectivity index (χ4v) is 1.85. The van der Waals surface area contributed by atoms with Gasteiger partial charge in [-0.15, -0.1) is 0 Å². The largest absolute Gasteiger partial charge is 0.398 e. The molecule has 0 fully saturated rings. The zero-order chi connectivity index (χ0) is 14.0. The first kappa shape index (κ1) is 13.0. The van der Waals surface area contributed by atoms with E-state index in [1.165, 1.54) is 18.2 Å². The van der Waals surface area contributed by atoms with Crippen LogP contribution in [-0.2, 0) is 13.5 Å². The second-order valence-electron chi connectivity index (χ2n) is 4.25. The van der Waals surface area contributed by atoms with Gasteiger partial charge in [0.05, 0.1) is 4.92 Å². The number of nitrogens with zero attached hydrogens (tertiary/aromatic N) is 4. The molecule has 0 unspecified atom stereocenters. The maximum Gasteiger partial charge on any atom is 0.270 e. The number of hydrogen-bond donors (Lipinski definition) is 1. The predicted molar refractivity (Wildman–Crippen MR) is 71.5 cm³/mol. The number of non-ortho nitro benzene ring substituents is 1. The van der Waals surface area contributed by atoms with E-state index in [9.17, 15) is 10.1 Å². The summed E-state index contributed by atoms with van der Waals surface area (Å²) in [6.45, 7) is 2.04. The highest BCUT2D eigenvalue weighted by Crippen LogP contribution is 2.28. The maximum absolute atomic E-state index is 10.8. The normalized spacial score (nSPS) is 10.6. The van der Waals surface area contributed by atoms with Crippen molar-refractivity contribution < 1.29 is 4.92 Å². The van der Waals surface area contributed by atoms with Crippen molar-refractivity contribution in [3.05, 3.63) is 34.1 Å². The molecule has 100 valence electrons. The van der Waals surface area contributed by atoms with Crippen molar-refractivity contribution in [1.29, 1.82) is 0 Å². The smallest absolute Gasteiger partial charge is 0.270 e. The summed E-state index contributed by atoms with van der Waals surface area (Å²) >= 11 is 0. The maximum atomic E-state index is 10.8.